The SMILES string of the molecule is c1ccc(-c2cn3c4c(nnc3n2)CCCC4)cc1. The molecule has 0 atom stereocenters. The van der Waals surface area contributed by atoms with E-state index in [0.29, 0.717) is 5.78 Å². The highest BCUT2D eigenvalue weighted by Crippen LogP contribution is 2.23. The van der Waals surface area contributed by atoms with Crippen molar-refractivity contribution in [2.75, 3.05) is 0 Å². The predicted molar refractivity (Wildman–Crippen MR) is 72.9 cm³/mol. The maximum Gasteiger partial charge on any atom is 0.254 e. The van der Waals surface area contributed by atoms with Crippen LogP contribution in [0.15, 0.2) is 36.5 Å². The predicted octanol–water partition coefficient (Wildman–Crippen LogP) is 2.67. The molecule has 19 heavy (non-hydrogen) atoms. The molecule has 1 aromatic carbocycles. The Labute approximate surface area is 111 Å². The molecule has 0 spiro atoms. The number of benzene rings is 1. The standard InChI is InChI=1S/C15H14N4/c1-2-6-11(7-3-1)13-10-19-14-9-5-4-8-12(14)17-18-15(19)16-13/h1-3,6-7,10H,4-5,8-9H2. The van der Waals surface area contributed by atoms with Crippen LogP contribution < -0.4 is 0 Å². The zero-order valence-corrected chi connectivity index (χ0v) is 10.6. The van der Waals surface area contributed by atoms with Gasteiger partial charge in [0.1, 0.15) is 0 Å². The first-order valence-electron chi connectivity index (χ1n) is 6.71. The molecule has 0 radical (unpaired) electrons. The smallest absolute Gasteiger partial charge is 0.254 e. The summed E-state index contributed by atoms with van der Waals surface area (Å²) in [6.45, 7) is 0. The normalized spacial score (nSPS) is 14.5. The van der Waals surface area contributed by atoms with E-state index in [9.17, 15) is 0 Å². The molecule has 2 heterocycles. The molecule has 0 bridgehead atoms. The van der Waals surface area contributed by atoms with Crippen molar-refractivity contribution in [3.8, 4) is 11.3 Å². The number of imidazole rings is 1. The summed E-state index contributed by atoms with van der Waals surface area (Å²) in [5.74, 6) is 0.708. The average Bonchev–Trinajstić information content (AvgIpc) is 2.93. The lowest BCUT2D eigenvalue weighted by atomic mass is 10.0. The number of hydrogen-bond donors (Lipinski definition) is 0. The summed E-state index contributed by atoms with van der Waals surface area (Å²) in [7, 11) is 0. The third-order valence-corrected chi connectivity index (χ3v) is 3.72. The van der Waals surface area contributed by atoms with Crippen LogP contribution in [0, 0.1) is 0 Å². The zero-order valence-electron chi connectivity index (χ0n) is 10.6. The second kappa shape index (κ2) is 4.16. The Morgan fingerprint density at radius 3 is 2.68 bits per heavy atom. The largest absolute Gasteiger partial charge is 0.284 e. The van der Waals surface area contributed by atoms with Crippen molar-refractivity contribution in [3.05, 3.63) is 47.9 Å². The van der Waals surface area contributed by atoms with Crippen molar-refractivity contribution in [2.45, 2.75) is 25.7 Å². The van der Waals surface area contributed by atoms with E-state index in [1.54, 1.807) is 0 Å². The number of hydrogen-bond acceptors (Lipinski definition) is 3. The van der Waals surface area contributed by atoms with Crippen molar-refractivity contribution in [2.24, 2.45) is 0 Å². The average molecular weight is 250 g/mol. The highest BCUT2D eigenvalue weighted by molar-refractivity contribution is 5.61. The van der Waals surface area contributed by atoms with Crippen LogP contribution in [0.4, 0.5) is 0 Å². The number of aromatic nitrogens is 4. The fraction of sp³-hybridized carbons (Fsp3) is 0.267. The molecule has 0 N–H and O–H groups in total. The monoisotopic (exact) mass is 250 g/mol. The summed E-state index contributed by atoms with van der Waals surface area (Å²) in [4.78, 5) is 4.58. The molecule has 4 nitrogen and oxygen atoms in total. The third kappa shape index (κ3) is 1.71. The molecule has 4 rings (SSSR count). The van der Waals surface area contributed by atoms with E-state index in [0.717, 1.165) is 29.8 Å². The molecule has 0 aliphatic heterocycles. The Morgan fingerprint density at radius 2 is 1.79 bits per heavy atom. The van der Waals surface area contributed by atoms with Gasteiger partial charge in [0.05, 0.1) is 11.4 Å². The van der Waals surface area contributed by atoms with E-state index in [-0.39, 0.29) is 0 Å². The summed E-state index contributed by atoms with van der Waals surface area (Å²) in [5, 5.41) is 8.56. The fourth-order valence-corrected chi connectivity index (χ4v) is 2.73. The van der Waals surface area contributed by atoms with Gasteiger partial charge < -0.3 is 0 Å². The van der Waals surface area contributed by atoms with E-state index in [2.05, 4.69) is 37.9 Å². The minimum Gasteiger partial charge on any atom is -0.284 e. The van der Waals surface area contributed by atoms with Gasteiger partial charge in [0.2, 0.25) is 0 Å². The van der Waals surface area contributed by atoms with Gasteiger partial charge in [-0.25, -0.2) is 4.98 Å². The molecule has 4 heteroatoms. The Balaban J connectivity index is 1.92. The first kappa shape index (κ1) is 10.7. The van der Waals surface area contributed by atoms with E-state index in [1.165, 1.54) is 18.5 Å². The van der Waals surface area contributed by atoms with Crippen LogP contribution in [0.25, 0.3) is 17.0 Å². The van der Waals surface area contributed by atoms with Crippen LogP contribution >= 0.6 is 0 Å². The maximum atomic E-state index is 4.58. The first-order chi connectivity index (χ1) is 9.42. The zero-order chi connectivity index (χ0) is 12.7. The van der Waals surface area contributed by atoms with Gasteiger partial charge in [-0.2, -0.15) is 5.10 Å². The minimum atomic E-state index is 0.708. The molecular weight excluding hydrogens is 236 g/mol. The second-order valence-corrected chi connectivity index (χ2v) is 4.96. The summed E-state index contributed by atoms with van der Waals surface area (Å²) in [5.41, 5.74) is 4.51. The Kier molecular flexibility index (Phi) is 2.33. The van der Waals surface area contributed by atoms with E-state index < -0.39 is 0 Å². The van der Waals surface area contributed by atoms with Crippen molar-refractivity contribution in [1.29, 1.82) is 0 Å². The fourth-order valence-electron chi connectivity index (χ4n) is 2.73. The van der Waals surface area contributed by atoms with Crippen LogP contribution in [0.2, 0.25) is 0 Å². The van der Waals surface area contributed by atoms with Crippen LogP contribution in [-0.4, -0.2) is 19.6 Å². The number of rotatable bonds is 1. The van der Waals surface area contributed by atoms with Crippen LogP contribution in [0.3, 0.4) is 0 Å². The highest BCUT2D eigenvalue weighted by atomic mass is 15.2. The molecule has 0 saturated heterocycles. The molecule has 1 aliphatic carbocycles. The Bertz CT molecular complexity index is 730. The van der Waals surface area contributed by atoms with E-state index in [4.69, 9.17) is 0 Å². The summed E-state index contributed by atoms with van der Waals surface area (Å²) < 4.78 is 2.11. The molecule has 0 amide bonds. The van der Waals surface area contributed by atoms with Crippen LogP contribution in [0.1, 0.15) is 24.2 Å². The highest BCUT2D eigenvalue weighted by Gasteiger charge is 2.16. The third-order valence-electron chi connectivity index (χ3n) is 3.72. The molecule has 1 aliphatic rings. The van der Waals surface area contributed by atoms with E-state index >= 15 is 0 Å². The molecular formula is C15H14N4. The maximum absolute atomic E-state index is 4.58. The second-order valence-electron chi connectivity index (χ2n) is 4.96. The summed E-state index contributed by atoms with van der Waals surface area (Å²) in [6, 6.07) is 10.2. The van der Waals surface area contributed by atoms with Crippen molar-refractivity contribution in [1.82, 2.24) is 19.6 Å². The number of aryl methyl sites for hydroxylation is 2. The topological polar surface area (TPSA) is 43.1 Å². The molecule has 0 saturated carbocycles. The molecule has 2 aromatic heterocycles. The van der Waals surface area contributed by atoms with Crippen molar-refractivity contribution < 1.29 is 0 Å². The van der Waals surface area contributed by atoms with Gasteiger partial charge in [-0.1, -0.05) is 30.3 Å². The molecule has 3 aromatic rings. The summed E-state index contributed by atoms with van der Waals surface area (Å²) >= 11 is 0. The van der Waals surface area contributed by atoms with Gasteiger partial charge in [-0.15, -0.1) is 5.10 Å². The Morgan fingerprint density at radius 1 is 0.947 bits per heavy atom. The lowest BCUT2D eigenvalue weighted by Crippen LogP contribution is -2.12. The van der Waals surface area contributed by atoms with Gasteiger partial charge in [0.25, 0.3) is 5.78 Å². The van der Waals surface area contributed by atoms with Crippen molar-refractivity contribution >= 4 is 5.78 Å². The molecule has 94 valence electrons. The lowest BCUT2D eigenvalue weighted by molar-refractivity contribution is 0.627. The van der Waals surface area contributed by atoms with Crippen LogP contribution in [0.5, 0.6) is 0 Å². The van der Waals surface area contributed by atoms with Gasteiger partial charge in [-0.3, -0.25) is 4.40 Å². The van der Waals surface area contributed by atoms with Gasteiger partial charge in [-0.05, 0) is 25.7 Å². The first-order valence-corrected chi connectivity index (χ1v) is 6.71. The van der Waals surface area contributed by atoms with Crippen molar-refractivity contribution in [3.63, 3.8) is 0 Å². The number of fused-ring (bicyclic) bond motifs is 3. The van der Waals surface area contributed by atoms with Gasteiger partial charge in [0.15, 0.2) is 0 Å². The minimum absolute atomic E-state index is 0.708. The quantitative estimate of drug-likeness (QED) is 0.667. The molecule has 0 fully saturated rings. The van der Waals surface area contributed by atoms with Gasteiger partial charge >= 0.3 is 0 Å². The Hall–Kier alpha value is -2.23. The van der Waals surface area contributed by atoms with Gasteiger partial charge in [0, 0.05) is 17.5 Å². The van der Waals surface area contributed by atoms with E-state index in [1.807, 2.05) is 18.2 Å². The lowest BCUT2D eigenvalue weighted by Gasteiger charge is -2.14. The molecule has 0 unspecified atom stereocenters. The van der Waals surface area contributed by atoms with Crippen LogP contribution in [-0.2, 0) is 12.8 Å². The number of nitrogens with zero attached hydrogens (tertiary/aromatic N) is 4. The summed E-state index contributed by atoms with van der Waals surface area (Å²) in [6.07, 6.45) is 6.65.